The van der Waals surface area contributed by atoms with Gasteiger partial charge in [-0.2, -0.15) is 0 Å². The Morgan fingerprint density at radius 2 is 1.90 bits per heavy atom. The number of hydrogen-bond donors (Lipinski definition) is 1. The van der Waals surface area contributed by atoms with Gasteiger partial charge in [-0.25, -0.2) is 0 Å². The van der Waals surface area contributed by atoms with Crippen LogP contribution in [0.2, 0.25) is 10.0 Å². The lowest BCUT2D eigenvalue weighted by Gasteiger charge is -2.18. The number of ether oxygens (including phenoxy) is 1. The maximum absolute atomic E-state index is 12.6. The van der Waals surface area contributed by atoms with Gasteiger partial charge in [0.25, 0.3) is 5.22 Å². The summed E-state index contributed by atoms with van der Waals surface area (Å²) >= 11 is 13.3. The van der Waals surface area contributed by atoms with E-state index in [0.29, 0.717) is 27.8 Å². The molecule has 9 heteroatoms. The fourth-order valence-electron chi connectivity index (χ4n) is 2.70. The molecule has 1 amide bonds. The molecule has 0 fully saturated rings. The van der Waals surface area contributed by atoms with Crippen molar-refractivity contribution in [1.29, 1.82) is 0 Å². The fraction of sp³-hybridized carbons (Fsp3) is 0.286. The summed E-state index contributed by atoms with van der Waals surface area (Å²) in [4.78, 5) is 12.6. The standard InChI is InChI=1S/C21H21Cl2N3O3S/c1-4-28-16-8-5-14(6-9-16)20-25-26-21(29-20)30-13(3)19(27)24-12(2)17-10-7-15(22)11-18(17)23/h5-13H,4H2,1-3H3,(H,24,27)/t12-,13-/m1/s1. The largest absolute Gasteiger partial charge is 0.494 e. The molecule has 6 nitrogen and oxygen atoms in total. The molecule has 158 valence electrons. The zero-order valence-electron chi connectivity index (χ0n) is 16.7. The van der Waals surface area contributed by atoms with Gasteiger partial charge in [0.2, 0.25) is 11.8 Å². The molecule has 0 aliphatic rings. The van der Waals surface area contributed by atoms with E-state index in [2.05, 4.69) is 15.5 Å². The van der Waals surface area contributed by atoms with Gasteiger partial charge >= 0.3 is 0 Å². The number of benzene rings is 2. The van der Waals surface area contributed by atoms with E-state index in [1.807, 2.05) is 38.1 Å². The van der Waals surface area contributed by atoms with E-state index in [1.165, 1.54) is 11.8 Å². The first kappa shape index (κ1) is 22.5. The Morgan fingerprint density at radius 1 is 1.17 bits per heavy atom. The minimum Gasteiger partial charge on any atom is -0.494 e. The minimum absolute atomic E-state index is 0.167. The summed E-state index contributed by atoms with van der Waals surface area (Å²) in [5.41, 5.74) is 1.57. The first-order valence-corrected chi connectivity index (χ1v) is 11.0. The summed E-state index contributed by atoms with van der Waals surface area (Å²) in [6.45, 7) is 6.17. The van der Waals surface area contributed by atoms with Crippen molar-refractivity contribution in [2.75, 3.05) is 6.61 Å². The van der Waals surface area contributed by atoms with Gasteiger partial charge in [0, 0.05) is 15.6 Å². The van der Waals surface area contributed by atoms with E-state index < -0.39 is 5.25 Å². The van der Waals surface area contributed by atoms with Gasteiger partial charge in [-0.3, -0.25) is 4.79 Å². The van der Waals surface area contributed by atoms with Gasteiger partial charge in [-0.05, 0) is 62.7 Å². The number of halogens is 2. The Balaban J connectivity index is 1.60. The molecule has 0 radical (unpaired) electrons. The van der Waals surface area contributed by atoms with E-state index in [9.17, 15) is 4.79 Å². The number of amides is 1. The molecule has 1 N–H and O–H groups in total. The van der Waals surface area contributed by atoms with Gasteiger partial charge < -0.3 is 14.5 Å². The highest BCUT2D eigenvalue weighted by Crippen LogP contribution is 2.29. The highest BCUT2D eigenvalue weighted by molar-refractivity contribution is 8.00. The Hall–Kier alpha value is -2.22. The molecule has 2 aromatic carbocycles. The summed E-state index contributed by atoms with van der Waals surface area (Å²) in [5, 5.41) is 12.0. The van der Waals surface area contributed by atoms with Crippen molar-refractivity contribution in [3.63, 3.8) is 0 Å². The second-order valence-corrected chi connectivity index (χ2v) is 8.62. The molecular weight excluding hydrogens is 445 g/mol. The van der Waals surface area contributed by atoms with Gasteiger partial charge in [0.15, 0.2) is 0 Å². The lowest BCUT2D eigenvalue weighted by molar-refractivity contribution is -0.120. The molecule has 0 saturated carbocycles. The first-order chi connectivity index (χ1) is 14.4. The number of carbonyl (C=O) groups is 1. The van der Waals surface area contributed by atoms with Crippen LogP contribution in [0.5, 0.6) is 5.75 Å². The number of carbonyl (C=O) groups excluding carboxylic acids is 1. The van der Waals surface area contributed by atoms with Crippen LogP contribution < -0.4 is 10.1 Å². The number of aromatic nitrogens is 2. The van der Waals surface area contributed by atoms with Crippen LogP contribution in [0.3, 0.4) is 0 Å². The van der Waals surface area contributed by atoms with Gasteiger partial charge in [-0.1, -0.05) is 41.0 Å². The van der Waals surface area contributed by atoms with E-state index in [-0.39, 0.29) is 11.9 Å². The van der Waals surface area contributed by atoms with Crippen LogP contribution in [-0.4, -0.2) is 28.0 Å². The van der Waals surface area contributed by atoms with Crippen molar-refractivity contribution >= 4 is 40.9 Å². The third-order valence-corrected chi connectivity index (χ3v) is 5.75. The summed E-state index contributed by atoms with van der Waals surface area (Å²) in [6.07, 6.45) is 0. The van der Waals surface area contributed by atoms with Crippen LogP contribution in [0.25, 0.3) is 11.5 Å². The van der Waals surface area contributed by atoms with Crippen LogP contribution in [0.15, 0.2) is 52.1 Å². The smallest absolute Gasteiger partial charge is 0.277 e. The Kier molecular flexibility index (Phi) is 7.64. The number of rotatable bonds is 8. The van der Waals surface area contributed by atoms with Crippen LogP contribution in [0.1, 0.15) is 32.4 Å². The van der Waals surface area contributed by atoms with E-state index in [0.717, 1.165) is 16.9 Å². The van der Waals surface area contributed by atoms with Crippen molar-refractivity contribution in [1.82, 2.24) is 15.5 Å². The zero-order chi connectivity index (χ0) is 21.7. The minimum atomic E-state index is -0.438. The Bertz CT molecular complexity index is 1010. The number of hydrogen-bond acceptors (Lipinski definition) is 6. The molecule has 2 atom stereocenters. The summed E-state index contributed by atoms with van der Waals surface area (Å²) < 4.78 is 11.1. The monoisotopic (exact) mass is 465 g/mol. The molecular formula is C21H21Cl2N3O3S. The molecule has 0 aliphatic carbocycles. The summed E-state index contributed by atoms with van der Waals surface area (Å²) in [6, 6.07) is 12.3. The van der Waals surface area contributed by atoms with Crippen molar-refractivity contribution in [2.24, 2.45) is 0 Å². The molecule has 0 aliphatic heterocycles. The predicted molar refractivity (Wildman–Crippen MR) is 119 cm³/mol. The highest BCUT2D eigenvalue weighted by atomic mass is 35.5. The maximum atomic E-state index is 12.6. The maximum Gasteiger partial charge on any atom is 0.277 e. The lowest BCUT2D eigenvalue weighted by Crippen LogP contribution is -2.33. The number of thioether (sulfide) groups is 1. The van der Waals surface area contributed by atoms with Crippen LogP contribution >= 0.6 is 35.0 Å². The zero-order valence-corrected chi connectivity index (χ0v) is 19.0. The molecule has 30 heavy (non-hydrogen) atoms. The van der Waals surface area contributed by atoms with Gasteiger partial charge in [0.05, 0.1) is 17.9 Å². The molecule has 0 saturated heterocycles. The van der Waals surface area contributed by atoms with Crippen molar-refractivity contribution in [2.45, 2.75) is 37.3 Å². The third-order valence-electron chi connectivity index (χ3n) is 4.25. The predicted octanol–water partition coefficient (Wildman–Crippen LogP) is 5.80. The normalized spacial score (nSPS) is 13.0. The van der Waals surface area contributed by atoms with Crippen molar-refractivity contribution < 1.29 is 13.9 Å². The number of nitrogens with one attached hydrogen (secondary N) is 1. The summed E-state index contributed by atoms with van der Waals surface area (Å²) in [5.74, 6) is 0.990. The first-order valence-electron chi connectivity index (χ1n) is 9.36. The Morgan fingerprint density at radius 3 is 2.57 bits per heavy atom. The van der Waals surface area contributed by atoms with E-state index >= 15 is 0 Å². The molecule has 1 aromatic heterocycles. The van der Waals surface area contributed by atoms with Gasteiger partial charge in [-0.15, -0.1) is 10.2 Å². The lowest BCUT2D eigenvalue weighted by atomic mass is 10.1. The fourth-order valence-corrected chi connectivity index (χ4v) is 3.97. The quantitative estimate of drug-likeness (QED) is 0.423. The van der Waals surface area contributed by atoms with Crippen molar-refractivity contribution in [3.8, 4) is 17.2 Å². The molecule has 1 heterocycles. The number of nitrogens with zero attached hydrogens (tertiary/aromatic N) is 2. The van der Waals surface area contributed by atoms with Gasteiger partial charge in [0.1, 0.15) is 5.75 Å². The SMILES string of the molecule is CCOc1ccc(-c2nnc(S[C@H](C)C(=O)N[C@H](C)c3ccc(Cl)cc3Cl)o2)cc1. The highest BCUT2D eigenvalue weighted by Gasteiger charge is 2.21. The molecule has 0 bridgehead atoms. The second-order valence-electron chi connectivity index (χ2n) is 6.49. The third kappa shape index (κ3) is 5.68. The Labute approximate surface area is 189 Å². The average molecular weight is 466 g/mol. The molecule has 0 spiro atoms. The van der Waals surface area contributed by atoms with Crippen LogP contribution in [-0.2, 0) is 4.79 Å². The topological polar surface area (TPSA) is 77.2 Å². The van der Waals surface area contributed by atoms with E-state index in [4.69, 9.17) is 32.4 Å². The van der Waals surface area contributed by atoms with E-state index in [1.54, 1.807) is 25.1 Å². The van der Waals surface area contributed by atoms with Crippen LogP contribution in [0, 0.1) is 0 Å². The summed E-state index contributed by atoms with van der Waals surface area (Å²) in [7, 11) is 0. The van der Waals surface area contributed by atoms with Crippen LogP contribution in [0.4, 0.5) is 0 Å². The molecule has 3 aromatic rings. The average Bonchev–Trinajstić information content (AvgIpc) is 3.17. The molecule has 0 unspecified atom stereocenters. The van der Waals surface area contributed by atoms with Crippen molar-refractivity contribution in [3.05, 3.63) is 58.1 Å². The second kappa shape index (κ2) is 10.2. The molecule has 3 rings (SSSR count).